The first kappa shape index (κ1) is 14.0. The van der Waals surface area contributed by atoms with E-state index in [-0.39, 0.29) is 0 Å². The lowest BCUT2D eigenvalue weighted by molar-refractivity contribution is -0.253. The number of hydrogen-bond donors (Lipinski definition) is 0. The maximum Gasteiger partial charge on any atom is 0.461 e. The Morgan fingerprint density at radius 1 is 1.29 bits per heavy atom. The van der Waals surface area contributed by atoms with E-state index in [1.807, 2.05) is 0 Å². The van der Waals surface area contributed by atoms with Gasteiger partial charge >= 0.3 is 12.5 Å². The van der Waals surface area contributed by atoms with Gasteiger partial charge in [-0.05, 0) is 12.1 Å². The highest BCUT2D eigenvalue weighted by Gasteiger charge is 2.44. The fraction of sp³-hybridized carbons (Fsp3) is 0.250. The molecule has 0 aromatic heterocycles. The molecule has 1 rings (SSSR count). The van der Waals surface area contributed by atoms with Gasteiger partial charge in [0.15, 0.2) is 0 Å². The first-order chi connectivity index (χ1) is 7.63. The van der Waals surface area contributed by atoms with Crippen LogP contribution in [0.15, 0.2) is 29.2 Å². The molecular weight excluding hydrogens is 288 g/mol. The van der Waals surface area contributed by atoms with Gasteiger partial charge in [0.25, 0.3) is 9.05 Å². The van der Waals surface area contributed by atoms with Crippen molar-refractivity contribution in [3.63, 3.8) is 0 Å². The van der Waals surface area contributed by atoms with E-state index in [4.69, 9.17) is 10.7 Å². The van der Waals surface area contributed by atoms with Gasteiger partial charge in [-0.3, -0.25) is 0 Å². The summed E-state index contributed by atoms with van der Waals surface area (Å²) in [5.74, 6) is -0.725. The topological polar surface area (TPSA) is 43.4 Å². The van der Waals surface area contributed by atoms with E-state index in [2.05, 4.69) is 4.74 Å². The molecule has 0 atom stereocenters. The summed E-state index contributed by atoms with van der Waals surface area (Å²) in [5, 5.41) is 0. The first-order valence-corrected chi connectivity index (χ1v) is 6.33. The molecule has 0 amide bonds. The van der Waals surface area contributed by atoms with Crippen LogP contribution in [-0.4, -0.2) is 21.0 Å². The lowest BCUT2D eigenvalue weighted by Gasteiger charge is -2.16. The molecule has 0 N–H and O–H groups in total. The standard InChI is InChI=1S/C8H5ClF4O3S/c9-17(14,15)6-3-1-2-5(4-6)16-8(12,13)7(10)11/h1-4,7H. The SMILES string of the molecule is O=S(=O)(Cl)c1cccc(OC(F)(F)C(F)F)c1. The first-order valence-electron chi connectivity index (χ1n) is 4.02. The number of halogens is 5. The van der Waals surface area contributed by atoms with Crippen LogP contribution < -0.4 is 4.74 Å². The highest BCUT2D eigenvalue weighted by atomic mass is 35.7. The van der Waals surface area contributed by atoms with Crippen molar-refractivity contribution in [1.82, 2.24) is 0 Å². The summed E-state index contributed by atoms with van der Waals surface area (Å²) in [4.78, 5) is -0.526. The molecule has 1 aromatic carbocycles. The van der Waals surface area contributed by atoms with Gasteiger partial charge in [-0.15, -0.1) is 0 Å². The van der Waals surface area contributed by atoms with E-state index < -0.39 is 32.2 Å². The van der Waals surface area contributed by atoms with Crippen LogP contribution in [0.1, 0.15) is 0 Å². The average Bonchev–Trinajstić information content (AvgIpc) is 2.15. The predicted molar refractivity (Wildman–Crippen MR) is 51.1 cm³/mol. The normalized spacial score (nSPS) is 12.8. The van der Waals surface area contributed by atoms with Gasteiger partial charge in [-0.1, -0.05) is 6.07 Å². The van der Waals surface area contributed by atoms with Gasteiger partial charge in [0.1, 0.15) is 5.75 Å². The number of benzene rings is 1. The minimum atomic E-state index is -4.70. The highest BCUT2D eigenvalue weighted by Crippen LogP contribution is 2.29. The van der Waals surface area contributed by atoms with Crippen molar-refractivity contribution in [3.8, 4) is 5.75 Å². The molecule has 0 heterocycles. The second-order valence-corrected chi connectivity index (χ2v) is 5.44. The Labute approximate surface area is 98.4 Å². The van der Waals surface area contributed by atoms with Gasteiger partial charge in [-0.2, -0.15) is 17.6 Å². The second kappa shape index (κ2) is 4.69. The zero-order valence-electron chi connectivity index (χ0n) is 7.91. The van der Waals surface area contributed by atoms with Gasteiger partial charge < -0.3 is 4.74 Å². The van der Waals surface area contributed by atoms with Crippen LogP contribution >= 0.6 is 10.7 Å². The number of rotatable bonds is 4. The Morgan fingerprint density at radius 3 is 2.35 bits per heavy atom. The minimum Gasteiger partial charge on any atom is -0.428 e. The lowest BCUT2D eigenvalue weighted by atomic mass is 10.3. The summed E-state index contributed by atoms with van der Waals surface area (Å²) in [6.07, 6.45) is -8.73. The van der Waals surface area contributed by atoms with Crippen molar-refractivity contribution in [2.45, 2.75) is 17.4 Å². The summed E-state index contributed by atoms with van der Waals surface area (Å²) in [5.41, 5.74) is 0. The van der Waals surface area contributed by atoms with Gasteiger partial charge in [0.2, 0.25) is 0 Å². The fourth-order valence-electron chi connectivity index (χ4n) is 0.891. The summed E-state index contributed by atoms with van der Waals surface area (Å²) in [7, 11) is 0.804. The molecule has 3 nitrogen and oxygen atoms in total. The Balaban J connectivity index is 3.02. The lowest BCUT2D eigenvalue weighted by Crippen LogP contribution is -2.33. The Kier molecular flexibility index (Phi) is 3.88. The summed E-state index contributed by atoms with van der Waals surface area (Å²) >= 11 is 0. The Bertz CT molecular complexity index is 503. The molecule has 0 saturated heterocycles. The van der Waals surface area contributed by atoms with Crippen LogP contribution in [0, 0.1) is 0 Å². The van der Waals surface area contributed by atoms with Crippen LogP contribution in [0.5, 0.6) is 5.75 Å². The van der Waals surface area contributed by atoms with Crippen LogP contribution in [-0.2, 0) is 9.05 Å². The molecule has 0 unspecified atom stereocenters. The summed E-state index contributed by atoms with van der Waals surface area (Å²) in [6.45, 7) is 0. The van der Waals surface area contributed by atoms with E-state index in [0.717, 1.165) is 18.2 Å². The van der Waals surface area contributed by atoms with Crippen LogP contribution in [0.3, 0.4) is 0 Å². The molecule has 0 aliphatic rings. The van der Waals surface area contributed by atoms with Crippen LogP contribution in [0.2, 0.25) is 0 Å². The van der Waals surface area contributed by atoms with Crippen molar-refractivity contribution in [2.24, 2.45) is 0 Å². The molecule has 17 heavy (non-hydrogen) atoms. The zero-order valence-corrected chi connectivity index (χ0v) is 9.48. The number of alkyl halides is 4. The third kappa shape index (κ3) is 3.74. The van der Waals surface area contributed by atoms with Crippen molar-refractivity contribution < 1.29 is 30.7 Å². The third-order valence-corrected chi connectivity index (χ3v) is 2.95. The molecule has 0 bridgehead atoms. The maximum absolute atomic E-state index is 12.5. The maximum atomic E-state index is 12.5. The highest BCUT2D eigenvalue weighted by molar-refractivity contribution is 8.13. The van der Waals surface area contributed by atoms with Gasteiger partial charge in [0, 0.05) is 16.7 Å². The number of ether oxygens (including phenoxy) is 1. The minimum absolute atomic E-state index is 0.526. The molecule has 0 fully saturated rings. The second-order valence-electron chi connectivity index (χ2n) is 2.88. The van der Waals surface area contributed by atoms with Gasteiger partial charge in [0.05, 0.1) is 4.90 Å². The van der Waals surface area contributed by atoms with E-state index >= 15 is 0 Å². The van der Waals surface area contributed by atoms with Crippen molar-refractivity contribution in [2.75, 3.05) is 0 Å². The van der Waals surface area contributed by atoms with Crippen LogP contribution in [0.4, 0.5) is 17.6 Å². The quantitative estimate of drug-likeness (QED) is 0.633. The van der Waals surface area contributed by atoms with E-state index in [9.17, 15) is 26.0 Å². The molecule has 0 aliphatic carbocycles. The molecule has 0 aliphatic heterocycles. The van der Waals surface area contributed by atoms with Crippen molar-refractivity contribution >= 4 is 19.7 Å². The zero-order chi connectivity index (χ0) is 13.3. The Hall–Kier alpha value is -1.02. The van der Waals surface area contributed by atoms with Crippen molar-refractivity contribution in [3.05, 3.63) is 24.3 Å². The summed E-state index contributed by atoms with van der Waals surface area (Å²) < 4.78 is 74.0. The van der Waals surface area contributed by atoms with Crippen LogP contribution in [0.25, 0.3) is 0 Å². The predicted octanol–water partition coefficient (Wildman–Crippen LogP) is 2.85. The largest absolute Gasteiger partial charge is 0.461 e. The van der Waals surface area contributed by atoms with Crippen molar-refractivity contribution in [1.29, 1.82) is 0 Å². The third-order valence-electron chi connectivity index (χ3n) is 1.60. The fourth-order valence-corrected chi connectivity index (χ4v) is 1.68. The molecule has 0 radical (unpaired) electrons. The molecule has 0 spiro atoms. The number of hydrogen-bond acceptors (Lipinski definition) is 3. The average molecular weight is 293 g/mol. The molecule has 0 saturated carbocycles. The van der Waals surface area contributed by atoms with E-state index in [0.29, 0.717) is 6.07 Å². The smallest absolute Gasteiger partial charge is 0.428 e. The van der Waals surface area contributed by atoms with E-state index in [1.54, 1.807) is 0 Å². The molecule has 1 aromatic rings. The molecule has 9 heteroatoms. The van der Waals surface area contributed by atoms with Gasteiger partial charge in [-0.25, -0.2) is 8.42 Å². The summed E-state index contributed by atoms with van der Waals surface area (Å²) in [6, 6.07) is 3.57. The molecule has 96 valence electrons. The monoisotopic (exact) mass is 292 g/mol. The van der Waals surface area contributed by atoms with E-state index in [1.165, 1.54) is 0 Å². The molecular formula is C8H5ClF4O3S. The Morgan fingerprint density at radius 2 is 1.88 bits per heavy atom.